The number of aliphatic carboxylic acids is 1. The zero-order chi connectivity index (χ0) is 18.1. The first-order valence-electron chi connectivity index (χ1n) is 8.71. The molecule has 3 rings (SSSR count). The molecule has 25 heavy (non-hydrogen) atoms. The van der Waals surface area contributed by atoms with Crippen LogP contribution in [-0.4, -0.2) is 31.2 Å². The summed E-state index contributed by atoms with van der Waals surface area (Å²) in [5, 5.41) is 12.5. The number of carboxylic acid groups (broad SMARTS) is 1. The molecule has 1 amide bonds. The Kier molecular flexibility index (Phi) is 4.88. The van der Waals surface area contributed by atoms with Crippen molar-refractivity contribution in [3.63, 3.8) is 0 Å². The van der Waals surface area contributed by atoms with Gasteiger partial charge in [-0.05, 0) is 55.7 Å². The van der Waals surface area contributed by atoms with Gasteiger partial charge in [-0.25, -0.2) is 0 Å². The molecule has 0 heterocycles. The van der Waals surface area contributed by atoms with E-state index >= 15 is 0 Å². The molecule has 2 saturated carbocycles. The lowest BCUT2D eigenvalue weighted by Crippen LogP contribution is -2.42. The molecule has 136 valence electrons. The maximum atomic E-state index is 12.8. The number of amides is 1. The molecule has 6 heteroatoms. The van der Waals surface area contributed by atoms with Crippen LogP contribution in [0.3, 0.4) is 0 Å². The highest BCUT2D eigenvalue weighted by atomic mass is 16.5. The predicted molar refractivity (Wildman–Crippen MR) is 91.6 cm³/mol. The minimum absolute atomic E-state index is 0.148. The lowest BCUT2D eigenvalue weighted by Gasteiger charge is -2.28. The topological polar surface area (TPSA) is 84.9 Å². The van der Waals surface area contributed by atoms with Crippen molar-refractivity contribution in [2.24, 2.45) is 23.7 Å². The molecule has 2 aliphatic carbocycles. The molecule has 1 aromatic rings. The average molecular weight is 347 g/mol. The fourth-order valence-corrected chi connectivity index (χ4v) is 4.54. The van der Waals surface area contributed by atoms with E-state index in [-0.39, 0.29) is 23.8 Å². The molecular formula is C19H25NO5. The Morgan fingerprint density at radius 2 is 1.76 bits per heavy atom. The van der Waals surface area contributed by atoms with E-state index < -0.39 is 17.8 Å². The second-order valence-electron chi connectivity index (χ2n) is 7.07. The van der Waals surface area contributed by atoms with E-state index in [4.69, 9.17) is 9.47 Å². The highest BCUT2D eigenvalue weighted by Gasteiger charge is 2.54. The van der Waals surface area contributed by atoms with Crippen molar-refractivity contribution in [1.29, 1.82) is 0 Å². The number of nitrogens with one attached hydrogen (secondary N) is 1. The van der Waals surface area contributed by atoms with Gasteiger partial charge in [-0.15, -0.1) is 0 Å². The molecular weight excluding hydrogens is 322 g/mol. The zero-order valence-electron chi connectivity index (χ0n) is 14.8. The summed E-state index contributed by atoms with van der Waals surface area (Å²) in [6.45, 7) is 1.89. The minimum Gasteiger partial charge on any atom is -0.493 e. The zero-order valence-corrected chi connectivity index (χ0v) is 14.8. The van der Waals surface area contributed by atoms with Crippen LogP contribution < -0.4 is 14.8 Å². The Hall–Kier alpha value is -2.24. The van der Waals surface area contributed by atoms with Gasteiger partial charge in [-0.3, -0.25) is 9.59 Å². The molecule has 2 aliphatic rings. The summed E-state index contributed by atoms with van der Waals surface area (Å²) in [5.74, 6) is -0.380. The number of hydrogen-bond acceptors (Lipinski definition) is 4. The van der Waals surface area contributed by atoms with Gasteiger partial charge in [0.1, 0.15) is 0 Å². The lowest BCUT2D eigenvalue weighted by molar-refractivity contribution is -0.149. The van der Waals surface area contributed by atoms with Crippen molar-refractivity contribution in [3.8, 4) is 11.5 Å². The van der Waals surface area contributed by atoms with Gasteiger partial charge in [-0.2, -0.15) is 0 Å². The first-order chi connectivity index (χ1) is 12.0. The highest BCUT2D eigenvalue weighted by Crippen LogP contribution is 2.52. The van der Waals surface area contributed by atoms with Gasteiger partial charge in [0.25, 0.3) is 0 Å². The van der Waals surface area contributed by atoms with Crippen molar-refractivity contribution in [1.82, 2.24) is 5.32 Å². The van der Waals surface area contributed by atoms with Gasteiger partial charge in [0.05, 0.1) is 32.1 Å². The van der Waals surface area contributed by atoms with Gasteiger partial charge in [0.15, 0.2) is 11.5 Å². The normalized spacial score (nSPS) is 28.4. The molecule has 0 unspecified atom stereocenters. The molecule has 2 bridgehead atoms. The van der Waals surface area contributed by atoms with Gasteiger partial charge in [-0.1, -0.05) is 6.07 Å². The standard InChI is InChI=1S/C19H25NO5/c1-10(11-6-7-14(24-2)15(9-11)25-3)20-18(21)16-12-4-5-13(8-12)17(16)19(22)23/h6-7,9-10,12-13,16-17H,4-5,8H2,1-3H3,(H,20,21)(H,22,23)/t10-,12-,13+,16+,17+/m1/s1. The monoisotopic (exact) mass is 347 g/mol. The number of fused-ring (bicyclic) bond motifs is 2. The van der Waals surface area contributed by atoms with Gasteiger partial charge >= 0.3 is 5.97 Å². The maximum absolute atomic E-state index is 12.8. The van der Waals surface area contributed by atoms with E-state index in [1.807, 2.05) is 19.1 Å². The summed E-state index contributed by atoms with van der Waals surface area (Å²) in [7, 11) is 3.14. The van der Waals surface area contributed by atoms with E-state index in [9.17, 15) is 14.7 Å². The third-order valence-corrected chi connectivity index (χ3v) is 5.77. The number of benzene rings is 1. The fourth-order valence-electron chi connectivity index (χ4n) is 4.54. The summed E-state index contributed by atoms with van der Waals surface area (Å²) in [5.41, 5.74) is 0.890. The van der Waals surface area contributed by atoms with Crippen LogP contribution in [0.5, 0.6) is 11.5 Å². The Bertz CT molecular complexity index is 674. The first kappa shape index (κ1) is 17.6. The highest BCUT2D eigenvalue weighted by molar-refractivity contribution is 5.86. The average Bonchev–Trinajstić information content (AvgIpc) is 3.22. The summed E-state index contributed by atoms with van der Waals surface area (Å²) in [6.07, 6.45) is 2.74. The number of ether oxygens (including phenoxy) is 2. The van der Waals surface area contributed by atoms with Crippen molar-refractivity contribution in [2.75, 3.05) is 14.2 Å². The molecule has 2 fully saturated rings. The van der Waals surface area contributed by atoms with Crippen molar-refractivity contribution in [2.45, 2.75) is 32.2 Å². The molecule has 0 saturated heterocycles. The fraction of sp³-hybridized carbons (Fsp3) is 0.579. The van der Waals surface area contributed by atoms with Crippen LogP contribution in [-0.2, 0) is 9.59 Å². The summed E-state index contributed by atoms with van der Waals surface area (Å²) >= 11 is 0. The lowest BCUT2D eigenvalue weighted by atomic mass is 9.78. The number of hydrogen-bond donors (Lipinski definition) is 2. The van der Waals surface area contributed by atoms with E-state index in [2.05, 4.69) is 5.32 Å². The maximum Gasteiger partial charge on any atom is 0.307 e. The van der Waals surface area contributed by atoms with Crippen LogP contribution in [0.4, 0.5) is 0 Å². The van der Waals surface area contributed by atoms with Crippen molar-refractivity contribution in [3.05, 3.63) is 23.8 Å². The number of carbonyl (C=O) groups is 2. The molecule has 6 nitrogen and oxygen atoms in total. The van der Waals surface area contributed by atoms with Crippen molar-refractivity contribution >= 4 is 11.9 Å². The number of carboxylic acids is 1. The number of carbonyl (C=O) groups excluding carboxylic acids is 1. The van der Waals surface area contributed by atoms with Gasteiger partial charge < -0.3 is 19.9 Å². The third kappa shape index (κ3) is 3.17. The predicted octanol–water partition coefficient (Wildman–Crippen LogP) is 2.63. The van der Waals surface area contributed by atoms with Crippen LogP contribution in [0, 0.1) is 23.7 Å². The molecule has 0 aromatic heterocycles. The molecule has 1 aromatic carbocycles. The summed E-state index contributed by atoms with van der Waals surface area (Å²) in [6, 6.07) is 5.27. The largest absolute Gasteiger partial charge is 0.493 e. The second-order valence-corrected chi connectivity index (χ2v) is 7.07. The SMILES string of the molecule is COc1ccc([C@@H](C)NC(=O)[C@H]2[C@@H]3CC[C@@H](C3)[C@@H]2C(=O)O)cc1OC. The molecule has 2 N–H and O–H groups in total. The van der Waals surface area contributed by atoms with Crippen LogP contribution in [0.15, 0.2) is 18.2 Å². The van der Waals surface area contributed by atoms with Crippen LogP contribution in [0.1, 0.15) is 37.8 Å². The smallest absolute Gasteiger partial charge is 0.307 e. The summed E-state index contributed by atoms with van der Waals surface area (Å²) < 4.78 is 10.5. The second kappa shape index (κ2) is 6.94. The van der Waals surface area contributed by atoms with E-state index in [1.165, 1.54) is 0 Å². The van der Waals surface area contributed by atoms with Crippen LogP contribution >= 0.6 is 0 Å². The Labute approximate surface area is 147 Å². The minimum atomic E-state index is -0.842. The molecule has 5 atom stereocenters. The molecule has 0 radical (unpaired) electrons. The Morgan fingerprint density at radius 1 is 1.12 bits per heavy atom. The third-order valence-electron chi connectivity index (χ3n) is 5.77. The molecule has 0 aliphatic heterocycles. The Morgan fingerprint density at radius 3 is 2.36 bits per heavy atom. The number of rotatable bonds is 6. The molecule has 0 spiro atoms. The van der Waals surface area contributed by atoms with Crippen LogP contribution in [0.25, 0.3) is 0 Å². The van der Waals surface area contributed by atoms with E-state index in [0.717, 1.165) is 24.8 Å². The van der Waals surface area contributed by atoms with Gasteiger partial charge in [0, 0.05) is 0 Å². The summed E-state index contributed by atoms with van der Waals surface area (Å²) in [4.78, 5) is 24.4. The van der Waals surface area contributed by atoms with Crippen LogP contribution in [0.2, 0.25) is 0 Å². The quantitative estimate of drug-likeness (QED) is 0.826. The van der Waals surface area contributed by atoms with E-state index in [0.29, 0.717) is 11.5 Å². The Balaban J connectivity index is 1.73. The van der Waals surface area contributed by atoms with Crippen molar-refractivity contribution < 1.29 is 24.2 Å². The number of methoxy groups -OCH3 is 2. The first-order valence-corrected chi connectivity index (χ1v) is 8.71. The van der Waals surface area contributed by atoms with E-state index in [1.54, 1.807) is 20.3 Å². The van der Waals surface area contributed by atoms with Gasteiger partial charge in [0.2, 0.25) is 5.91 Å².